The van der Waals surface area contributed by atoms with Gasteiger partial charge in [0.2, 0.25) is 0 Å². The van der Waals surface area contributed by atoms with Crippen molar-refractivity contribution in [1.29, 1.82) is 0 Å². The van der Waals surface area contributed by atoms with Crippen LogP contribution in [0.4, 0.5) is 5.69 Å². The van der Waals surface area contributed by atoms with Crippen LogP contribution in [0.2, 0.25) is 0 Å². The lowest BCUT2D eigenvalue weighted by Gasteiger charge is -2.07. The summed E-state index contributed by atoms with van der Waals surface area (Å²) in [4.78, 5) is 11.8. The molecule has 0 unspecified atom stereocenters. The summed E-state index contributed by atoms with van der Waals surface area (Å²) < 4.78 is 0.890. The van der Waals surface area contributed by atoms with Crippen LogP contribution in [0.1, 0.15) is 15.9 Å². The number of benzene rings is 1. The number of rotatable bonds is 2. The molecule has 1 amide bonds. The second-order valence-corrected chi connectivity index (χ2v) is 5.08. The van der Waals surface area contributed by atoms with E-state index in [0.717, 1.165) is 15.7 Å². The van der Waals surface area contributed by atoms with Crippen LogP contribution in [0.3, 0.4) is 0 Å². The molecule has 0 atom stereocenters. The molecule has 0 fully saturated rings. The van der Waals surface area contributed by atoms with Crippen LogP contribution in [0.5, 0.6) is 0 Å². The van der Waals surface area contributed by atoms with Crippen LogP contribution in [-0.4, -0.2) is 5.91 Å². The van der Waals surface area contributed by atoms with Gasteiger partial charge in [-0.1, -0.05) is 6.07 Å². The van der Waals surface area contributed by atoms with Gasteiger partial charge in [0, 0.05) is 9.85 Å². The summed E-state index contributed by atoms with van der Waals surface area (Å²) in [5, 5.41) is 6.60. The molecule has 1 N–H and O–H groups in total. The van der Waals surface area contributed by atoms with Gasteiger partial charge in [0.25, 0.3) is 5.91 Å². The average molecular weight is 296 g/mol. The fourth-order valence-electron chi connectivity index (χ4n) is 1.32. The number of aryl methyl sites for hydroxylation is 1. The highest BCUT2D eigenvalue weighted by atomic mass is 79.9. The zero-order valence-electron chi connectivity index (χ0n) is 8.66. The maximum atomic E-state index is 11.8. The predicted octanol–water partition coefficient (Wildman–Crippen LogP) is 4.07. The molecule has 1 aromatic carbocycles. The van der Waals surface area contributed by atoms with Crippen molar-refractivity contribution in [1.82, 2.24) is 0 Å². The zero-order chi connectivity index (χ0) is 11.5. The highest BCUT2D eigenvalue weighted by Gasteiger charge is 2.08. The highest BCUT2D eigenvalue weighted by Crippen LogP contribution is 2.24. The van der Waals surface area contributed by atoms with Crippen LogP contribution in [0, 0.1) is 6.92 Å². The Hall–Kier alpha value is -1.13. The topological polar surface area (TPSA) is 29.1 Å². The molecule has 0 aliphatic carbocycles. The summed E-state index contributed by atoms with van der Waals surface area (Å²) in [6, 6.07) is 7.67. The minimum Gasteiger partial charge on any atom is -0.321 e. The number of amides is 1. The first-order valence-electron chi connectivity index (χ1n) is 4.76. The van der Waals surface area contributed by atoms with Gasteiger partial charge < -0.3 is 5.32 Å². The van der Waals surface area contributed by atoms with Crippen molar-refractivity contribution in [2.24, 2.45) is 0 Å². The lowest BCUT2D eigenvalue weighted by molar-refractivity contribution is 0.102. The molecule has 0 spiro atoms. The Kier molecular flexibility index (Phi) is 3.41. The third-order valence-corrected chi connectivity index (χ3v) is 3.53. The molecule has 2 rings (SSSR count). The van der Waals surface area contributed by atoms with Crippen molar-refractivity contribution in [2.75, 3.05) is 5.32 Å². The summed E-state index contributed by atoms with van der Waals surface area (Å²) in [6.45, 7) is 1.99. The molecule has 82 valence electrons. The van der Waals surface area contributed by atoms with Gasteiger partial charge >= 0.3 is 0 Å². The number of hydrogen-bond donors (Lipinski definition) is 1. The highest BCUT2D eigenvalue weighted by molar-refractivity contribution is 9.10. The molecule has 0 aliphatic rings. The second kappa shape index (κ2) is 4.80. The van der Waals surface area contributed by atoms with Gasteiger partial charge in [-0.25, -0.2) is 0 Å². The Morgan fingerprint density at radius 2 is 2.19 bits per heavy atom. The molecule has 0 aliphatic heterocycles. The van der Waals surface area contributed by atoms with Crippen LogP contribution in [0.25, 0.3) is 0 Å². The monoisotopic (exact) mass is 295 g/mol. The summed E-state index contributed by atoms with van der Waals surface area (Å²) in [5.74, 6) is -0.0763. The molecular weight excluding hydrogens is 286 g/mol. The van der Waals surface area contributed by atoms with E-state index in [1.54, 1.807) is 0 Å². The molecule has 4 heteroatoms. The van der Waals surface area contributed by atoms with Crippen molar-refractivity contribution in [2.45, 2.75) is 6.92 Å². The number of anilines is 1. The number of halogens is 1. The van der Waals surface area contributed by atoms with Gasteiger partial charge in [-0.3, -0.25) is 4.79 Å². The van der Waals surface area contributed by atoms with Gasteiger partial charge in [0.05, 0.1) is 11.3 Å². The van der Waals surface area contributed by atoms with Crippen molar-refractivity contribution < 1.29 is 4.79 Å². The largest absolute Gasteiger partial charge is 0.321 e. The molecule has 2 nitrogen and oxygen atoms in total. The summed E-state index contributed by atoms with van der Waals surface area (Å²) in [5.41, 5.74) is 2.61. The second-order valence-electron chi connectivity index (χ2n) is 3.45. The van der Waals surface area contributed by atoms with Crippen LogP contribution in [-0.2, 0) is 0 Å². The first kappa shape index (κ1) is 11.4. The lowest BCUT2D eigenvalue weighted by atomic mass is 10.2. The molecule has 1 aromatic heterocycles. The van der Waals surface area contributed by atoms with E-state index in [-0.39, 0.29) is 5.91 Å². The molecule has 0 radical (unpaired) electrons. The molecule has 0 saturated carbocycles. The zero-order valence-corrected chi connectivity index (χ0v) is 11.1. The van der Waals surface area contributed by atoms with Crippen LogP contribution in [0.15, 0.2) is 39.5 Å². The van der Waals surface area contributed by atoms with Crippen molar-refractivity contribution >= 4 is 38.9 Å². The van der Waals surface area contributed by atoms with Crippen molar-refractivity contribution in [3.05, 3.63) is 50.6 Å². The smallest absolute Gasteiger partial charge is 0.256 e. The standard InChI is InChI=1S/C12H10BrNOS/c1-8-2-3-10(13)11(6-8)14-12(15)9-4-5-16-7-9/h2-7H,1H3,(H,14,15). The average Bonchev–Trinajstić information content (AvgIpc) is 2.76. The Balaban J connectivity index is 2.21. The Morgan fingerprint density at radius 1 is 1.38 bits per heavy atom. The van der Waals surface area contributed by atoms with Crippen LogP contribution < -0.4 is 5.32 Å². The first-order valence-corrected chi connectivity index (χ1v) is 6.50. The minimum absolute atomic E-state index is 0.0763. The molecule has 2 aromatic rings. The Labute approximate surface area is 106 Å². The van der Waals surface area contributed by atoms with Crippen molar-refractivity contribution in [3.63, 3.8) is 0 Å². The van der Waals surface area contributed by atoms with E-state index in [0.29, 0.717) is 5.56 Å². The maximum Gasteiger partial charge on any atom is 0.256 e. The van der Waals surface area contributed by atoms with Gasteiger partial charge in [0.15, 0.2) is 0 Å². The number of carbonyl (C=O) groups excluding carboxylic acids is 1. The summed E-state index contributed by atoms with van der Waals surface area (Å²) >= 11 is 4.92. The SMILES string of the molecule is Cc1ccc(Br)c(NC(=O)c2ccsc2)c1. The van der Waals surface area contributed by atoms with Crippen LogP contribution >= 0.6 is 27.3 Å². The number of nitrogens with one attached hydrogen (secondary N) is 1. The first-order chi connectivity index (χ1) is 7.66. The number of carbonyl (C=O) groups is 1. The van der Waals surface area contributed by atoms with Gasteiger partial charge in [-0.2, -0.15) is 11.3 Å². The summed E-state index contributed by atoms with van der Waals surface area (Å²) in [6.07, 6.45) is 0. The fourth-order valence-corrected chi connectivity index (χ4v) is 2.30. The number of hydrogen-bond acceptors (Lipinski definition) is 2. The molecular formula is C12H10BrNOS. The van der Waals surface area contributed by atoms with E-state index in [1.165, 1.54) is 11.3 Å². The van der Waals surface area contributed by atoms with E-state index in [4.69, 9.17) is 0 Å². The van der Waals surface area contributed by atoms with Gasteiger partial charge in [-0.15, -0.1) is 0 Å². The molecule has 0 saturated heterocycles. The fraction of sp³-hybridized carbons (Fsp3) is 0.0833. The van der Waals surface area contributed by atoms with E-state index in [9.17, 15) is 4.79 Å². The van der Waals surface area contributed by atoms with Gasteiger partial charge in [0.1, 0.15) is 0 Å². The van der Waals surface area contributed by atoms with E-state index in [1.807, 2.05) is 41.9 Å². The molecule has 0 bridgehead atoms. The lowest BCUT2D eigenvalue weighted by Crippen LogP contribution is -2.11. The Morgan fingerprint density at radius 3 is 2.88 bits per heavy atom. The predicted molar refractivity (Wildman–Crippen MR) is 71.2 cm³/mol. The van der Waals surface area contributed by atoms with Crippen molar-refractivity contribution in [3.8, 4) is 0 Å². The third kappa shape index (κ3) is 2.51. The Bertz CT molecular complexity index is 508. The molecule has 1 heterocycles. The van der Waals surface area contributed by atoms with E-state index in [2.05, 4.69) is 21.2 Å². The van der Waals surface area contributed by atoms with E-state index >= 15 is 0 Å². The summed E-state index contributed by atoms with van der Waals surface area (Å²) in [7, 11) is 0. The van der Waals surface area contributed by atoms with E-state index < -0.39 is 0 Å². The third-order valence-electron chi connectivity index (χ3n) is 2.15. The quantitative estimate of drug-likeness (QED) is 0.889. The van der Waals surface area contributed by atoms with Gasteiger partial charge in [-0.05, 0) is 52.0 Å². The maximum absolute atomic E-state index is 11.8. The number of thiophene rings is 1. The minimum atomic E-state index is -0.0763. The normalized spacial score (nSPS) is 10.1. The molecule has 16 heavy (non-hydrogen) atoms.